The molecule has 3 N–H and O–H groups in total. The lowest BCUT2D eigenvalue weighted by Gasteiger charge is -2.10. The van der Waals surface area contributed by atoms with Gasteiger partial charge in [0, 0.05) is 16.2 Å². The molecule has 0 unspecified atom stereocenters. The second kappa shape index (κ2) is 9.26. The number of carbonyl (C=O) groups excluding carboxylic acids is 2. The maximum atomic E-state index is 12.3. The van der Waals surface area contributed by atoms with Crippen LogP contribution in [0.25, 0.3) is 0 Å². The van der Waals surface area contributed by atoms with Crippen LogP contribution < -0.4 is 5.32 Å². The highest BCUT2D eigenvalue weighted by molar-refractivity contribution is 7.99. The van der Waals surface area contributed by atoms with Gasteiger partial charge in [-0.3, -0.25) is 4.79 Å². The third-order valence-electron chi connectivity index (χ3n) is 3.91. The van der Waals surface area contributed by atoms with E-state index < -0.39 is 24.6 Å². The van der Waals surface area contributed by atoms with E-state index in [9.17, 15) is 14.7 Å². The molecule has 7 nitrogen and oxygen atoms in total. The van der Waals surface area contributed by atoms with Crippen molar-refractivity contribution in [1.82, 2.24) is 4.98 Å². The van der Waals surface area contributed by atoms with Crippen molar-refractivity contribution in [3.8, 4) is 6.07 Å². The molecule has 1 amide bonds. The summed E-state index contributed by atoms with van der Waals surface area (Å²) in [6.07, 6.45) is -0.714. The molecule has 1 aromatic heterocycles. The van der Waals surface area contributed by atoms with E-state index in [4.69, 9.17) is 10.00 Å². The Labute approximate surface area is 161 Å². The van der Waals surface area contributed by atoms with Gasteiger partial charge in [-0.2, -0.15) is 5.26 Å². The highest BCUT2D eigenvalue weighted by atomic mass is 32.2. The van der Waals surface area contributed by atoms with Gasteiger partial charge in [0.2, 0.25) is 0 Å². The van der Waals surface area contributed by atoms with Crippen molar-refractivity contribution < 1.29 is 19.4 Å². The predicted octanol–water partition coefficient (Wildman–Crippen LogP) is 3.10. The number of nitriles is 1. The number of aliphatic hydroxyl groups is 1. The molecule has 0 spiro atoms. The van der Waals surface area contributed by atoms with Crippen LogP contribution in [-0.4, -0.2) is 34.3 Å². The van der Waals surface area contributed by atoms with E-state index in [-0.39, 0.29) is 11.4 Å². The van der Waals surface area contributed by atoms with Gasteiger partial charge in [0.25, 0.3) is 5.91 Å². The van der Waals surface area contributed by atoms with Crippen LogP contribution in [0.2, 0.25) is 0 Å². The molecule has 0 aliphatic carbocycles. The average Bonchev–Trinajstić information content (AvgIpc) is 2.93. The van der Waals surface area contributed by atoms with Crippen molar-refractivity contribution in [2.24, 2.45) is 0 Å². The molecule has 0 fully saturated rings. The van der Waals surface area contributed by atoms with Gasteiger partial charge in [0.15, 0.2) is 6.61 Å². The Morgan fingerprint density at radius 2 is 2.07 bits per heavy atom. The quantitative estimate of drug-likeness (QED) is 0.497. The fourth-order valence-electron chi connectivity index (χ4n) is 2.79. The van der Waals surface area contributed by atoms with Crippen LogP contribution in [0.15, 0.2) is 29.2 Å². The number of aryl methyl sites for hydroxylation is 1. The Kier molecular flexibility index (Phi) is 7.05. The van der Waals surface area contributed by atoms with E-state index in [1.807, 2.05) is 12.1 Å². The number of thioether (sulfide) groups is 1. The van der Waals surface area contributed by atoms with E-state index in [1.165, 1.54) is 11.8 Å². The molecule has 0 saturated heterocycles. The molecule has 1 atom stereocenters. The van der Waals surface area contributed by atoms with E-state index in [0.717, 1.165) is 4.90 Å². The summed E-state index contributed by atoms with van der Waals surface area (Å²) in [6.45, 7) is 4.64. The maximum Gasteiger partial charge on any atom is 0.355 e. The zero-order chi connectivity index (χ0) is 20.0. The Hall–Kier alpha value is -2.76. The monoisotopic (exact) mass is 387 g/mol. The first-order valence-electron chi connectivity index (χ1n) is 8.28. The molecule has 8 heteroatoms. The highest BCUT2D eigenvalue weighted by Gasteiger charge is 2.21. The van der Waals surface area contributed by atoms with E-state index >= 15 is 0 Å². The lowest BCUT2D eigenvalue weighted by molar-refractivity contribution is -0.119. The third-order valence-corrected chi connectivity index (χ3v) is 4.85. The van der Waals surface area contributed by atoms with Crippen LogP contribution in [0.3, 0.4) is 0 Å². The number of rotatable bonds is 7. The highest BCUT2D eigenvalue weighted by Crippen LogP contribution is 2.27. The number of nitrogens with zero attached hydrogens (tertiary/aromatic N) is 1. The van der Waals surface area contributed by atoms with Crippen LogP contribution in [-0.2, 0) is 9.53 Å². The number of para-hydroxylation sites is 1. The fourth-order valence-corrected chi connectivity index (χ4v) is 3.46. The van der Waals surface area contributed by atoms with E-state index in [2.05, 4.69) is 10.3 Å². The molecule has 142 valence electrons. The smallest absolute Gasteiger partial charge is 0.355 e. The molecule has 2 rings (SSSR count). The fraction of sp³-hybridized carbons (Fsp3) is 0.316. The first-order valence-corrected chi connectivity index (χ1v) is 9.26. The number of aliphatic hydroxyl groups excluding tert-OH is 1. The van der Waals surface area contributed by atoms with E-state index in [1.54, 1.807) is 39.0 Å². The molecular formula is C19H21N3O4S. The topological polar surface area (TPSA) is 115 Å². The van der Waals surface area contributed by atoms with Crippen molar-refractivity contribution in [2.75, 3.05) is 17.7 Å². The van der Waals surface area contributed by atoms with Crippen molar-refractivity contribution in [3.63, 3.8) is 0 Å². The molecule has 0 saturated carbocycles. The number of aromatic nitrogens is 1. The van der Waals surface area contributed by atoms with Gasteiger partial charge in [-0.05, 0) is 38.5 Å². The minimum atomic E-state index is -0.714. The van der Waals surface area contributed by atoms with Crippen LogP contribution in [0.5, 0.6) is 0 Å². The lowest BCUT2D eigenvalue weighted by Crippen LogP contribution is -2.21. The molecule has 1 aromatic carbocycles. The minimum absolute atomic E-state index is 0.223. The van der Waals surface area contributed by atoms with Crippen LogP contribution in [0.4, 0.5) is 5.69 Å². The number of hydrogen-bond donors (Lipinski definition) is 3. The number of carbonyl (C=O) groups is 2. The number of nitrogens with one attached hydrogen (secondary N) is 2. The van der Waals surface area contributed by atoms with Crippen LogP contribution in [0.1, 0.15) is 40.3 Å². The summed E-state index contributed by atoms with van der Waals surface area (Å²) in [4.78, 5) is 28.1. The first kappa shape index (κ1) is 20.6. The van der Waals surface area contributed by atoms with Gasteiger partial charge in [-0.15, -0.1) is 11.8 Å². The van der Waals surface area contributed by atoms with Crippen molar-refractivity contribution in [3.05, 3.63) is 46.8 Å². The van der Waals surface area contributed by atoms with Gasteiger partial charge in [0.1, 0.15) is 5.69 Å². The van der Waals surface area contributed by atoms with Crippen LogP contribution in [0, 0.1) is 25.2 Å². The predicted molar refractivity (Wildman–Crippen MR) is 103 cm³/mol. The number of benzene rings is 1. The molecule has 1 heterocycles. The summed E-state index contributed by atoms with van der Waals surface area (Å²) < 4.78 is 5.09. The normalized spacial score (nSPS) is 11.5. The molecule has 0 aliphatic heterocycles. The number of hydrogen-bond acceptors (Lipinski definition) is 6. The van der Waals surface area contributed by atoms with Gasteiger partial charge in [-0.1, -0.05) is 12.1 Å². The zero-order valence-electron chi connectivity index (χ0n) is 15.3. The number of ether oxygens (including phenoxy) is 1. The largest absolute Gasteiger partial charge is 0.451 e. The van der Waals surface area contributed by atoms with Crippen molar-refractivity contribution in [1.29, 1.82) is 5.26 Å². The molecule has 2 aromatic rings. The minimum Gasteiger partial charge on any atom is -0.451 e. The summed E-state index contributed by atoms with van der Waals surface area (Å²) in [7, 11) is 0. The molecule has 0 aliphatic rings. The third kappa shape index (κ3) is 5.12. The number of anilines is 1. The standard InChI is InChI=1S/C19H21N3O4S/c1-11-17(13(3)23)12(2)21-18(11)19(25)26-10-16(24)22-14-6-4-5-7-15(14)27-9-8-20/h4-7,13,21,23H,9-10H2,1-3H3,(H,22,24)/t13-/m0/s1. The number of H-pyrrole nitrogens is 1. The summed E-state index contributed by atoms with van der Waals surface area (Å²) in [5, 5.41) is 21.2. The Morgan fingerprint density at radius 3 is 2.70 bits per heavy atom. The summed E-state index contributed by atoms with van der Waals surface area (Å²) in [6, 6.07) is 9.12. The first-order chi connectivity index (χ1) is 12.8. The second-order valence-electron chi connectivity index (χ2n) is 5.91. The van der Waals surface area contributed by atoms with Gasteiger partial charge in [0.05, 0.1) is 23.6 Å². The van der Waals surface area contributed by atoms with Gasteiger partial charge < -0.3 is 20.1 Å². The summed E-state index contributed by atoms with van der Waals surface area (Å²) >= 11 is 1.31. The van der Waals surface area contributed by atoms with Crippen molar-refractivity contribution in [2.45, 2.75) is 31.8 Å². The molecule has 0 radical (unpaired) electrons. The number of amides is 1. The Bertz CT molecular complexity index is 884. The van der Waals surface area contributed by atoms with Gasteiger partial charge in [-0.25, -0.2) is 4.79 Å². The molecule has 0 bridgehead atoms. The Morgan fingerprint density at radius 1 is 1.37 bits per heavy atom. The molecule has 27 heavy (non-hydrogen) atoms. The number of esters is 1. The zero-order valence-corrected chi connectivity index (χ0v) is 16.1. The lowest BCUT2D eigenvalue weighted by atomic mass is 10.1. The van der Waals surface area contributed by atoms with E-state index in [0.29, 0.717) is 22.5 Å². The van der Waals surface area contributed by atoms with Crippen LogP contribution >= 0.6 is 11.8 Å². The SMILES string of the molecule is Cc1[nH]c(C(=O)OCC(=O)Nc2ccccc2SCC#N)c(C)c1[C@H](C)O. The summed E-state index contributed by atoms with van der Waals surface area (Å²) in [5.74, 6) is -0.881. The summed E-state index contributed by atoms with van der Waals surface area (Å²) in [5.41, 5.74) is 2.71. The average molecular weight is 387 g/mol. The number of aromatic amines is 1. The Balaban J connectivity index is 2.00. The second-order valence-corrected chi connectivity index (χ2v) is 6.92. The molecular weight excluding hydrogens is 366 g/mol. The maximum absolute atomic E-state index is 12.3. The van der Waals surface area contributed by atoms with Gasteiger partial charge >= 0.3 is 5.97 Å². The van der Waals surface area contributed by atoms with Crippen molar-refractivity contribution >= 4 is 29.3 Å².